The Labute approximate surface area is 85.5 Å². The van der Waals surface area contributed by atoms with E-state index in [9.17, 15) is 9.59 Å². The average molecular weight is 197 g/mol. The Morgan fingerprint density at radius 1 is 1.07 bits per heavy atom. The van der Waals surface area contributed by atoms with Gasteiger partial charge in [-0.2, -0.15) is 0 Å². The summed E-state index contributed by atoms with van der Waals surface area (Å²) < 4.78 is 0. The first-order chi connectivity index (χ1) is 6.86. The van der Waals surface area contributed by atoms with Gasteiger partial charge in [0.05, 0.1) is 0 Å². The summed E-state index contributed by atoms with van der Waals surface area (Å²) in [5, 5.41) is 0. The van der Waals surface area contributed by atoms with Crippen LogP contribution in [-0.2, 0) is 9.59 Å². The molecule has 0 aliphatic heterocycles. The van der Waals surface area contributed by atoms with Crippen molar-refractivity contribution in [2.24, 2.45) is 5.92 Å². The van der Waals surface area contributed by atoms with E-state index in [1.54, 1.807) is 0 Å². The molecule has 0 bridgehead atoms. The van der Waals surface area contributed by atoms with Crippen LogP contribution in [-0.4, -0.2) is 24.3 Å². The van der Waals surface area contributed by atoms with Gasteiger partial charge in [-0.15, -0.1) is 0 Å². The second-order valence-corrected chi connectivity index (χ2v) is 4.09. The van der Waals surface area contributed by atoms with Gasteiger partial charge >= 0.3 is 0 Å². The Hall–Kier alpha value is -0.860. The lowest BCUT2D eigenvalue weighted by Crippen LogP contribution is -2.21. The number of carbonyl (C=O) groups is 2. The third-order valence-electron chi connectivity index (χ3n) is 3.02. The number of amides is 2. The zero-order valence-electron chi connectivity index (χ0n) is 8.65. The lowest BCUT2D eigenvalue weighted by Gasteiger charge is -2.21. The maximum atomic E-state index is 10.3. The van der Waals surface area contributed by atoms with E-state index >= 15 is 0 Å². The van der Waals surface area contributed by atoms with Crippen molar-refractivity contribution in [2.75, 3.05) is 6.54 Å². The van der Waals surface area contributed by atoms with Crippen molar-refractivity contribution in [1.82, 2.24) is 4.90 Å². The second kappa shape index (κ2) is 6.57. The molecule has 3 nitrogen and oxygen atoms in total. The highest BCUT2D eigenvalue weighted by Crippen LogP contribution is 2.27. The van der Waals surface area contributed by atoms with Crippen LogP contribution in [0.2, 0.25) is 0 Å². The topological polar surface area (TPSA) is 37.4 Å². The number of rotatable bonds is 6. The predicted octanol–water partition coefficient (Wildman–Crippen LogP) is 1.96. The third kappa shape index (κ3) is 3.90. The maximum absolute atomic E-state index is 10.3. The quantitative estimate of drug-likeness (QED) is 0.610. The summed E-state index contributed by atoms with van der Waals surface area (Å²) in [6, 6.07) is 0. The monoisotopic (exact) mass is 197 g/mol. The normalized spacial score (nSPS) is 17.7. The molecule has 0 heterocycles. The first-order valence-corrected chi connectivity index (χ1v) is 5.53. The smallest absolute Gasteiger partial charge is 0.216 e. The molecule has 1 fully saturated rings. The molecule has 1 aliphatic carbocycles. The second-order valence-electron chi connectivity index (χ2n) is 4.09. The molecule has 1 saturated carbocycles. The zero-order chi connectivity index (χ0) is 10.2. The summed E-state index contributed by atoms with van der Waals surface area (Å²) in [7, 11) is 0. The van der Waals surface area contributed by atoms with Crippen molar-refractivity contribution in [1.29, 1.82) is 0 Å². The fourth-order valence-corrected chi connectivity index (χ4v) is 2.17. The average Bonchev–Trinajstić information content (AvgIpc) is 2.26. The van der Waals surface area contributed by atoms with E-state index in [4.69, 9.17) is 0 Å². The molecule has 0 N–H and O–H groups in total. The Kier molecular flexibility index (Phi) is 5.27. The summed E-state index contributed by atoms with van der Waals surface area (Å²) >= 11 is 0. The Bertz CT molecular complexity index is 168. The summed E-state index contributed by atoms with van der Waals surface area (Å²) in [5.41, 5.74) is 0. The van der Waals surface area contributed by atoms with Gasteiger partial charge in [0.2, 0.25) is 12.8 Å². The standard InChI is InChI=1S/C11H19NO2/c13-9-12(10-14)8-4-7-11-5-2-1-3-6-11/h9-11H,1-8H2. The summed E-state index contributed by atoms with van der Waals surface area (Å²) in [4.78, 5) is 21.8. The number of hydrogen-bond acceptors (Lipinski definition) is 2. The van der Waals surface area contributed by atoms with Crippen molar-refractivity contribution in [2.45, 2.75) is 44.9 Å². The van der Waals surface area contributed by atoms with E-state index in [1.165, 1.54) is 37.0 Å². The van der Waals surface area contributed by atoms with Gasteiger partial charge in [0.15, 0.2) is 0 Å². The van der Waals surface area contributed by atoms with E-state index in [0.29, 0.717) is 19.4 Å². The fourth-order valence-electron chi connectivity index (χ4n) is 2.17. The molecule has 0 aromatic carbocycles. The molecule has 0 spiro atoms. The van der Waals surface area contributed by atoms with Gasteiger partial charge in [-0.3, -0.25) is 14.5 Å². The zero-order valence-corrected chi connectivity index (χ0v) is 8.65. The van der Waals surface area contributed by atoms with Gasteiger partial charge in [-0.05, 0) is 18.8 Å². The van der Waals surface area contributed by atoms with Gasteiger partial charge in [0.25, 0.3) is 0 Å². The highest BCUT2D eigenvalue weighted by Gasteiger charge is 2.13. The summed E-state index contributed by atoms with van der Waals surface area (Å²) in [6.45, 7) is 0.587. The van der Waals surface area contributed by atoms with Crippen LogP contribution in [0.15, 0.2) is 0 Å². The molecule has 3 heteroatoms. The van der Waals surface area contributed by atoms with Gasteiger partial charge in [-0.25, -0.2) is 0 Å². The van der Waals surface area contributed by atoms with E-state index in [1.807, 2.05) is 0 Å². The molecule has 0 unspecified atom stereocenters. The van der Waals surface area contributed by atoms with E-state index in [2.05, 4.69) is 0 Å². The van der Waals surface area contributed by atoms with Crippen LogP contribution >= 0.6 is 0 Å². The maximum Gasteiger partial charge on any atom is 0.216 e. The van der Waals surface area contributed by atoms with Crippen molar-refractivity contribution in [3.8, 4) is 0 Å². The minimum Gasteiger partial charge on any atom is -0.288 e. The number of hydrogen-bond donors (Lipinski definition) is 0. The lowest BCUT2D eigenvalue weighted by molar-refractivity contribution is -0.129. The van der Waals surface area contributed by atoms with Crippen molar-refractivity contribution in [3.05, 3.63) is 0 Å². The van der Waals surface area contributed by atoms with Crippen molar-refractivity contribution in [3.63, 3.8) is 0 Å². The highest BCUT2D eigenvalue weighted by molar-refractivity contribution is 5.68. The molecule has 0 aromatic heterocycles. The van der Waals surface area contributed by atoms with Crippen LogP contribution in [0.25, 0.3) is 0 Å². The van der Waals surface area contributed by atoms with E-state index < -0.39 is 0 Å². The van der Waals surface area contributed by atoms with E-state index in [-0.39, 0.29) is 0 Å². The molecule has 14 heavy (non-hydrogen) atoms. The highest BCUT2D eigenvalue weighted by atomic mass is 16.2. The molecular weight excluding hydrogens is 178 g/mol. The van der Waals surface area contributed by atoms with Crippen LogP contribution in [0.5, 0.6) is 0 Å². The van der Waals surface area contributed by atoms with Gasteiger partial charge < -0.3 is 0 Å². The number of carbonyl (C=O) groups excluding carboxylic acids is 2. The van der Waals surface area contributed by atoms with Crippen LogP contribution in [0.4, 0.5) is 0 Å². The van der Waals surface area contributed by atoms with Crippen LogP contribution in [0.1, 0.15) is 44.9 Å². The number of nitrogens with zero attached hydrogens (tertiary/aromatic N) is 1. The van der Waals surface area contributed by atoms with Gasteiger partial charge in [-0.1, -0.05) is 32.1 Å². The van der Waals surface area contributed by atoms with Crippen molar-refractivity contribution >= 4 is 12.8 Å². The Morgan fingerprint density at radius 2 is 1.71 bits per heavy atom. The fraction of sp³-hybridized carbons (Fsp3) is 0.818. The first-order valence-electron chi connectivity index (χ1n) is 5.53. The molecule has 0 atom stereocenters. The largest absolute Gasteiger partial charge is 0.288 e. The molecule has 2 amide bonds. The Balaban J connectivity index is 2.07. The van der Waals surface area contributed by atoms with Gasteiger partial charge in [0, 0.05) is 6.54 Å². The molecule has 0 radical (unpaired) electrons. The van der Waals surface area contributed by atoms with Crippen molar-refractivity contribution < 1.29 is 9.59 Å². The molecule has 0 aromatic rings. The van der Waals surface area contributed by atoms with Gasteiger partial charge in [0.1, 0.15) is 0 Å². The SMILES string of the molecule is O=CN(C=O)CCCC1CCCCC1. The molecule has 0 saturated heterocycles. The van der Waals surface area contributed by atoms with Crippen LogP contribution in [0.3, 0.4) is 0 Å². The Morgan fingerprint density at radius 3 is 2.29 bits per heavy atom. The predicted molar refractivity (Wildman–Crippen MR) is 54.6 cm³/mol. The minimum atomic E-state index is 0.587. The summed E-state index contributed by atoms with van der Waals surface area (Å²) in [6.07, 6.45) is 10.1. The molecule has 1 aliphatic rings. The van der Waals surface area contributed by atoms with Crippen LogP contribution < -0.4 is 0 Å². The first kappa shape index (κ1) is 11.2. The number of imide groups is 1. The summed E-state index contributed by atoms with van der Waals surface area (Å²) in [5.74, 6) is 0.837. The van der Waals surface area contributed by atoms with Crippen LogP contribution in [0, 0.1) is 5.92 Å². The molecule has 1 rings (SSSR count). The third-order valence-corrected chi connectivity index (χ3v) is 3.02. The minimum absolute atomic E-state index is 0.587. The lowest BCUT2D eigenvalue weighted by atomic mass is 9.86. The molecule has 80 valence electrons. The molecular formula is C11H19NO2. The van der Waals surface area contributed by atoms with E-state index in [0.717, 1.165) is 18.8 Å².